The van der Waals surface area contributed by atoms with Gasteiger partial charge in [-0.2, -0.15) is 0 Å². The van der Waals surface area contributed by atoms with Gasteiger partial charge in [-0.1, -0.05) is 0 Å². The predicted octanol–water partition coefficient (Wildman–Crippen LogP) is 2.96. The Morgan fingerprint density at radius 2 is 2.21 bits per heavy atom. The lowest BCUT2D eigenvalue weighted by molar-refractivity contribution is 0.627. The second-order valence-electron chi connectivity index (χ2n) is 3.06. The predicted molar refractivity (Wildman–Crippen MR) is 57.7 cm³/mol. The molecule has 1 rings (SSSR count). The number of halogens is 1. The molecular formula is C12H14FN. The van der Waals surface area contributed by atoms with Crippen molar-refractivity contribution in [2.45, 2.75) is 20.3 Å². The molecule has 0 bridgehead atoms. The highest BCUT2D eigenvalue weighted by atomic mass is 19.1. The molecule has 0 saturated carbocycles. The molecule has 1 aromatic carbocycles. The molecule has 0 spiro atoms. The SMILES string of the molecule is CC#CCCNc1ccc(F)cc1C. The van der Waals surface area contributed by atoms with E-state index >= 15 is 0 Å². The highest BCUT2D eigenvalue weighted by Gasteiger charge is 1.97. The minimum atomic E-state index is -0.193. The molecule has 0 aromatic heterocycles. The van der Waals surface area contributed by atoms with Crippen molar-refractivity contribution < 1.29 is 4.39 Å². The number of hydrogen-bond donors (Lipinski definition) is 1. The van der Waals surface area contributed by atoms with E-state index in [1.807, 2.05) is 13.8 Å². The number of aryl methyl sites for hydroxylation is 1. The zero-order chi connectivity index (χ0) is 10.4. The summed E-state index contributed by atoms with van der Waals surface area (Å²) in [5.41, 5.74) is 1.90. The van der Waals surface area contributed by atoms with Crippen molar-refractivity contribution in [1.82, 2.24) is 0 Å². The molecule has 0 aliphatic rings. The van der Waals surface area contributed by atoms with Gasteiger partial charge in [0.2, 0.25) is 0 Å². The summed E-state index contributed by atoms with van der Waals surface area (Å²) in [6.07, 6.45) is 0.813. The molecule has 14 heavy (non-hydrogen) atoms. The first-order chi connectivity index (χ1) is 6.74. The van der Waals surface area contributed by atoms with Crippen LogP contribution in [0, 0.1) is 24.6 Å². The largest absolute Gasteiger partial charge is 0.384 e. The first kappa shape index (κ1) is 10.6. The van der Waals surface area contributed by atoms with Gasteiger partial charge in [-0.25, -0.2) is 4.39 Å². The zero-order valence-electron chi connectivity index (χ0n) is 8.52. The van der Waals surface area contributed by atoms with Gasteiger partial charge in [-0.3, -0.25) is 0 Å². The van der Waals surface area contributed by atoms with Gasteiger partial charge in [0.1, 0.15) is 5.82 Å². The second kappa shape index (κ2) is 5.29. The quantitative estimate of drug-likeness (QED) is 0.572. The van der Waals surface area contributed by atoms with E-state index in [9.17, 15) is 4.39 Å². The van der Waals surface area contributed by atoms with Crippen molar-refractivity contribution in [3.63, 3.8) is 0 Å². The lowest BCUT2D eigenvalue weighted by atomic mass is 10.2. The maximum atomic E-state index is 12.7. The van der Waals surface area contributed by atoms with Crippen LogP contribution < -0.4 is 5.32 Å². The Kier molecular flexibility index (Phi) is 4.00. The van der Waals surface area contributed by atoms with E-state index in [2.05, 4.69) is 17.2 Å². The number of rotatable bonds is 3. The van der Waals surface area contributed by atoms with Crippen LogP contribution in [0.25, 0.3) is 0 Å². The van der Waals surface area contributed by atoms with Crippen molar-refractivity contribution in [1.29, 1.82) is 0 Å². The molecule has 0 aliphatic carbocycles. The highest BCUT2D eigenvalue weighted by Crippen LogP contribution is 2.15. The Balaban J connectivity index is 2.53. The Labute approximate surface area is 84.3 Å². The smallest absolute Gasteiger partial charge is 0.123 e. The third-order valence-corrected chi connectivity index (χ3v) is 1.93. The van der Waals surface area contributed by atoms with Crippen LogP contribution in [-0.4, -0.2) is 6.54 Å². The van der Waals surface area contributed by atoms with Crippen LogP contribution in [0.4, 0.5) is 10.1 Å². The Hall–Kier alpha value is -1.49. The first-order valence-corrected chi connectivity index (χ1v) is 4.63. The molecule has 0 heterocycles. The van der Waals surface area contributed by atoms with Crippen LogP contribution in [0.2, 0.25) is 0 Å². The summed E-state index contributed by atoms with van der Waals surface area (Å²) >= 11 is 0. The Morgan fingerprint density at radius 1 is 1.43 bits per heavy atom. The molecule has 0 radical (unpaired) electrons. The molecular weight excluding hydrogens is 177 g/mol. The molecule has 0 fully saturated rings. The molecule has 0 unspecified atom stereocenters. The molecule has 74 valence electrons. The van der Waals surface area contributed by atoms with Crippen molar-refractivity contribution in [2.75, 3.05) is 11.9 Å². The fraction of sp³-hybridized carbons (Fsp3) is 0.333. The van der Waals surface area contributed by atoms with Gasteiger partial charge in [0.05, 0.1) is 0 Å². The number of anilines is 1. The fourth-order valence-corrected chi connectivity index (χ4v) is 1.21. The molecule has 0 atom stereocenters. The highest BCUT2D eigenvalue weighted by molar-refractivity contribution is 5.50. The minimum absolute atomic E-state index is 0.193. The third-order valence-electron chi connectivity index (χ3n) is 1.93. The van der Waals surface area contributed by atoms with Crippen LogP contribution in [0.15, 0.2) is 18.2 Å². The number of hydrogen-bond acceptors (Lipinski definition) is 1. The molecule has 2 heteroatoms. The van der Waals surface area contributed by atoms with Gasteiger partial charge in [0.25, 0.3) is 0 Å². The van der Waals surface area contributed by atoms with E-state index in [0.29, 0.717) is 0 Å². The van der Waals surface area contributed by atoms with Crippen LogP contribution >= 0.6 is 0 Å². The van der Waals surface area contributed by atoms with Gasteiger partial charge in [-0.05, 0) is 37.6 Å². The summed E-state index contributed by atoms with van der Waals surface area (Å²) in [5, 5.41) is 3.21. The van der Waals surface area contributed by atoms with Crippen molar-refractivity contribution in [3.05, 3.63) is 29.6 Å². The summed E-state index contributed by atoms with van der Waals surface area (Å²) in [7, 11) is 0. The average Bonchev–Trinajstić information content (AvgIpc) is 2.15. The number of benzene rings is 1. The van der Waals surface area contributed by atoms with Crippen LogP contribution in [0.3, 0.4) is 0 Å². The lowest BCUT2D eigenvalue weighted by Crippen LogP contribution is -2.02. The second-order valence-corrected chi connectivity index (χ2v) is 3.06. The average molecular weight is 191 g/mol. The summed E-state index contributed by atoms with van der Waals surface area (Å²) in [4.78, 5) is 0. The topological polar surface area (TPSA) is 12.0 Å². The molecule has 1 N–H and O–H groups in total. The maximum Gasteiger partial charge on any atom is 0.123 e. The van der Waals surface area contributed by atoms with Gasteiger partial charge in [0.15, 0.2) is 0 Å². The lowest BCUT2D eigenvalue weighted by Gasteiger charge is -2.07. The van der Waals surface area contributed by atoms with Crippen molar-refractivity contribution >= 4 is 5.69 Å². The van der Waals surface area contributed by atoms with Gasteiger partial charge in [-0.15, -0.1) is 11.8 Å². The molecule has 1 aromatic rings. The maximum absolute atomic E-state index is 12.7. The fourth-order valence-electron chi connectivity index (χ4n) is 1.21. The van der Waals surface area contributed by atoms with E-state index in [4.69, 9.17) is 0 Å². The summed E-state index contributed by atoms with van der Waals surface area (Å²) in [6, 6.07) is 4.73. The summed E-state index contributed by atoms with van der Waals surface area (Å²) in [6.45, 7) is 4.51. The molecule has 1 nitrogen and oxygen atoms in total. The summed E-state index contributed by atoms with van der Waals surface area (Å²) in [5.74, 6) is 5.60. The van der Waals surface area contributed by atoms with Gasteiger partial charge < -0.3 is 5.32 Å². The molecule has 0 amide bonds. The number of nitrogens with one attached hydrogen (secondary N) is 1. The van der Waals surface area contributed by atoms with Crippen molar-refractivity contribution in [3.8, 4) is 11.8 Å². The van der Waals surface area contributed by atoms with Crippen LogP contribution in [-0.2, 0) is 0 Å². The van der Waals surface area contributed by atoms with E-state index in [0.717, 1.165) is 24.2 Å². The third kappa shape index (κ3) is 3.10. The van der Waals surface area contributed by atoms with Crippen LogP contribution in [0.5, 0.6) is 0 Å². The van der Waals surface area contributed by atoms with E-state index in [-0.39, 0.29) is 5.82 Å². The normalized spacial score (nSPS) is 9.07. The summed E-state index contributed by atoms with van der Waals surface area (Å²) < 4.78 is 12.7. The van der Waals surface area contributed by atoms with E-state index in [1.54, 1.807) is 6.07 Å². The first-order valence-electron chi connectivity index (χ1n) is 4.63. The molecule has 0 aliphatic heterocycles. The van der Waals surface area contributed by atoms with Gasteiger partial charge in [0, 0.05) is 18.7 Å². The Morgan fingerprint density at radius 3 is 2.86 bits per heavy atom. The van der Waals surface area contributed by atoms with Gasteiger partial charge >= 0.3 is 0 Å². The van der Waals surface area contributed by atoms with Crippen molar-refractivity contribution in [2.24, 2.45) is 0 Å². The monoisotopic (exact) mass is 191 g/mol. The Bertz CT molecular complexity index is 360. The minimum Gasteiger partial charge on any atom is -0.384 e. The van der Waals surface area contributed by atoms with E-state index in [1.165, 1.54) is 12.1 Å². The standard InChI is InChI=1S/C12H14FN/c1-3-4-5-8-14-12-7-6-11(13)9-10(12)2/h6-7,9,14H,5,8H2,1-2H3. The molecule has 0 saturated heterocycles. The van der Waals surface area contributed by atoms with Crippen LogP contribution in [0.1, 0.15) is 18.9 Å². The zero-order valence-corrected chi connectivity index (χ0v) is 8.52. The van der Waals surface area contributed by atoms with E-state index < -0.39 is 0 Å².